The Morgan fingerprint density at radius 1 is 0.913 bits per heavy atom. The lowest BCUT2D eigenvalue weighted by Crippen LogP contribution is -2.05. The second-order valence-corrected chi connectivity index (χ2v) is 7.04. The lowest BCUT2D eigenvalue weighted by atomic mass is 10.1. The van der Waals surface area contributed by atoms with Crippen LogP contribution in [0.5, 0.6) is 0 Å². The summed E-state index contributed by atoms with van der Waals surface area (Å²) in [4.78, 5) is 4.52. The van der Waals surface area contributed by atoms with Gasteiger partial charge in [-0.05, 0) is 48.9 Å². The topological polar surface area (TPSA) is 47.0 Å². The monoisotopic (exact) mass is 327 g/mol. The van der Waals surface area contributed by atoms with E-state index in [2.05, 4.69) is 4.98 Å². The third kappa shape index (κ3) is 2.87. The number of aryl methyl sites for hydroxylation is 1. The second kappa shape index (κ2) is 5.93. The molecule has 5 heteroatoms. The molecule has 0 N–H and O–H groups in total. The molecule has 0 aliphatic carbocycles. The Morgan fingerprint density at radius 2 is 1.61 bits per heavy atom. The molecule has 0 spiro atoms. The van der Waals surface area contributed by atoms with E-state index in [9.17, 15) is 12.8 Å². The normalized spacial score (nSPS) is 11.4. The predicted octanol–water partition coefficient (Wildman–Crippen LogP) is 4.03. The zero-order chi connectivity index (χ0) is 16.4. The summed E-state index contributed by atoms with van der Waals surface area (Å²) in [6, 6.07) is 15.2. The summed E-state index contributed by atoms with van der Waals surface area (Å²) in [5, 5.41) is 0. The van der Waals surface area contributed by atoms with Gasteiger partial charge in [0, 0.05) is 11.8 Å². The minimum Gasteiger partial charge on any atom is -0.256 e. The first-order valence-corrected chi connectivity index (χ1v) is 8.50. The Labute approximate surface area is 134 Å². The molecule has 3 aromatic rings. The number of sulfone groups is 1. The average molecular weight is 327 g/mol. The molecule has 116 valence electrons. The number of hydrogen-bond acceptors (Lipinski definition) is 3. The minimum atomic E-state index is -3.76. The van der Waals surface area contributed by atoms with Gasteiger partial charge in [0.25, 0.3) is 0 Å². The molecule has 0 atom stereocenters. The Kier molecular flexibility index (Phi) is 3.96. The smallest absolute Gasteiger partial charge is 0.207 e. The summed E-state index contributed by atoms with van der Waals surface area (Å²) in [7, 11) is -3.76. The molecule has 1 aromatic heterocycles. The van der Waals surface area contributed by atoms with Crippen LogP contribution in [-0.2, 0) is 9.84 Å². The van der Waals surface area contributed by atoms with Crippen LogP contribution in [0.4, 0.5) is 4.39 Å². The molecule has 0 saturated heterocycles. The molecule has 0 amide bonds. The Bertz CT molecular complexity index is 951. The molecule has 0 fully saturated rings. The fraction of sp³-hybridized carbons (Fsp3) is 0.0556. The number of hydrogen-bond donors (Lipinski definition) is 0. The molecule has 0 aliphatic heterocycles. The Hall–Kier alpha value is -2.53. The number of aromatic nitrogens is 1. The van der Waals surface area contributed by atoms with Gasteiger partial charge in [-0.15, -0.1) is 0 Å². The van der Waals surface area contributed by atoms with Crippen LogP contribution in [0.25, 0.3) is 11.3 Å². The molecule has 3 nitrogen and oxygen atoms in total. The summed E-state index contributed by atoms with van der Waals surface area (Å²) in [5.41, 5.74) is 2.04. The van der Waals surface area contributed by atoms with Crippen molar-refractivity contribution in [3.63, 3.8) is 0 Å². The quantitative estimate of drug-likeness (QED) is 0.682. The van der Waals surface area contributed by atoms with Crippen molar-refractivity contribution < 1.29 is 12.8 Å². The van der Waals surface area contributed by atoms with Gasteiger partial charge in [0.05, 0.1) is 15.5 Å². The summed E-state index contributed by atoms with van der Waals surface area (Å²) < 4.78 is 38.9. The highest BCUT2D eigenvalue weighted by atomic mass is 32.2. The highest BCUT2D eigenvalue weighted by Crippen LogP contribution is 2.31. The van der Waals surface area contributed by atoms with Gasteiger partial charge in [-0.25, -0.2) is 12.8 Å². The Balaban J connectivity index is 2.22. The number of halogens is 1. The van der Waals surface area contributed by atoms with E-state index < -0.39 is 15.7 Å². The van der Waals surface area contributed by atoms with Crippen molar-refractivity contribution in [2.24, 2.45) is 0 Å². The largest absolute Gasteiger partial charge is 0.256 e. The SMILES string of the molecule is Cc1cccnc1-c1ccccc1S(=O)(=O)c1ccc(F)cc1. The average Bonchev–Trinajstić information content (AvgIpc) is 2.56. The van der Waals surface area contributed by atoms with Crippen LogP contribution in [0, 0.1) is 12.7 Å². The molecule has 0 bridgehead atoms. The van der Waals surface area contributed by atoms with Gasteiger partial charge in [0.2, 0.25) is 9.84 Å². The van der Waals surface area contributed by atoms with E-state index in [0.717, 1.165) is 17.7 Å². The minimum absolute atomic E-state index is 0.0555. The van der Waals surface area contributed by atoms with Crippen LogP contribution in [0.15, 0.2) is 76.7 Å². The lowest BCUT2D eigenvalue weighted by Gasteiger charge is -2.12. The second-order valence-electron chi connectivity index (χ2n) is 5.12. The summed E-state index contributed by atoms with van der Waals surface area (Å²) >= 11 is 0. The van der Waals surface area contributed by atoms with Crippen molar-refractivity contribution in [2.75, 3.05) is 0 Å². The molecule has 0 saturated carbocycles. The van der Waals surface area contributed by atoms with Gasteiger partial charge < -0.3 is 0 Å². The third-order valence-corrected chi connectivity index (χ3v) is 5.39. The predicted molar refractivity (Wildman–Crippen MR) is 86.3 cm³/mol. The third-order valence-electron chi connectivity index (χ3n) is 3.57. The van der Waals surface area contributed by atoms with Crippen molar-refractivity contribution in [1.29, 1.82) is 0 Å². The van der Waals surface area contributed by atoms with Crippen molar-refractivity contribution in [2.45, 2.75) is 16.7 Å². The van der Waals surface area contributed by atoms with Gasteiger partial charge in [-0.3, -0.25) is 4.98 Å². The number of nitrogens with zero attached hydrogens (tertiary/aromatic N) is 1. The van der Waals surface area contributed by atoms with Crippen molar-refractivity contribution in [1.82, 2.24) is 4.98 Å². The maximum Gasteiger partial charge on any atom is 0.207 e. The van der Waals surface area contributed by atoms with Crippen LogP contribution in [0.3, 0.4) is 0 Å². The van der Waals surface area contributed by atoms with Crippen molar-refractivity contribution in [3.8, 4) is 11.3 Å². The summed E-state index contributed by atoms with van der Waals surface area (Å²) in [6.07, 6.45) is 1.63. The molecular weight excluding hydrogens is 313 g/mol. The van der Waals surface area contributed by atoms with Gasteiger partial charge in [0.15, 0.2) is 0 Å². The van der Waals surface area contributed by atoms with E-state index in [1.54, 1.807) is 36.5 Å². The van der Waals surface area contributed by atoms with E-state index in [1.807, 2.05) is 13.0 Å². The summed E-state index contributed by atoms with van der Waals surface area (Å²) in [6.45, 7) is 1.88. The fourth-order valence-corrected chi connectivity index (χ4v) is 3.87. The maximum absolute atomic E-state index is 13.1. The Morgan fingerprint density at radius 3 is 2.30 bits per heavy atom. The first-order valence-electron chi connectivity index (χ1n) is 7.02. The highest BCUT2D eigenvalue weighted by Gasteiger charge is 2.22. The van der Waals surface area contributed by atoms with E-state index in [0.29, 0.717) is 11.3 Å². The van der Waals surface area contributed by atoms with Gasteiger partial charge in [-0.1, -0.05) is 24.3 Å². The standard InChI is InChI=1S/C18H14FNO2S/c1-13-5-4-12-20-18(13)16-6-2-3-7-17(16)23(21,22)15-10-8-14(19)9-11-15/h2-12H,1H3. The molecule has 3 rings (SSSR count). The van der Waals surface area contributed by atoms with E-state index in [1.165, 1.54) is 12.1 Å². The molecule has 0 aliphatic rings. The first-order chi connectivity index (χ1) is 11.0. The van der Waals surface area contributed by atoms with Crippen LogP contribution >= 0.6 is 0 Å². The van der Waals surface area contributed by atoms with Gasteiger partial charge in [0.1, 0.15) is 5.82 Å². The summed E-state index contributed by atoms with van der Waals surface area (Å²) in [5.74, 6) is -0.474. The van der Waals surface area contributed by atoms with E-state index >= 15 is 0 Å². The molecule has 23 heavy (non-hydrogen) atoms. The molecular formula is C18H14FNO2S. The maximum atomic E-state index is 13.1. The van der Waals surface area contributed by atoms with Gasteiger partial charge >= 0.3 is 0 Å². The number of rotatable bonds is 3. The zero-order valence-electron chi connectivity index (χ0n) is 12.4. The first kappa shape index (κ1) is 15.4. The highest BCUT2D eigenvalue weighted by molar-refractivity contribution is 7.91. The molecule has 2 aromatic carbocycles. The van der Waals surface area contributed by atoms with Crippen LogP contribution < -0.4 is 0 Å². The number of benzene rings is 2. The van der Waals surface area contributed by atoms with Crippen molar-refractivity contribution >= 4 is 9.84 Å². The van der Waals surface area contributed by atoms with E-state index in [-0.39, 0.29) is 9.79 Å². The molecule has 0 unspecified atom stereocenters. The zero-order valence-corrected chi connectivity index (χ0v) is 13.2. The molecule has 1 heterocycles. The van der Waals surface area contributed by atoms with Gasteiger partial charge in [-0.2, -0.15) is 0 Å². The fourth-order valence-electron chi connectivity index (χ4n) is 2.40. The van der Waals surface area contributed by atoms with Crippen LogP contribution in [0.1, 0.15) is 5.56 Å². The molecule has 0 radical (unpaired) electrons. The number of pyridine rings is 1. The van der Waals surface area contributed by atoms with Crippen molar-refractivity contribution in [3.05, 3.63) is 78.2 Å². The van der Waals surface area contributed by atoms with E-state index in [4.69, 9.17) is 0 Å². The van der Waals surface area contributed by atoms with Crippen LogP contribution in [0.2, 0.25) is 0 Å². The van der Waals surface area contributed by atoms with Crippen LogP contribution in [-0.4, -0.2) is 13.4 Å². The lowest BCUT2D eigenvalue weighted by molar-refractivity contribution is 0.595.